The Bertz CT molecular complexity index is 740. The Morgan fingerprint density at radius 3 is 2.83 bits per heavy atom. The number of rotatable bonds is 5. The van der Waals surface area contributed by atoms with Gasteiger partial charge in [-0.2, -0.15) is 5.10 Å². The summed E-state index contributed by atoms with van der Waals surface area (Å²) in [6.07, 6.45) is 1.45. The maximum absolute atomic E-state index is 12.0. The fourth-order valence-electron chi connectivity index (χ4n) is 2.19. The molecule has 23 heavy (non-hydrogen) atoms. The average molecular weight is 328 g/mol. The van der Waals surface area contributed by atoms with Gasteiger partial charge in [0.1, 0.15) is 5.71 Å². The van der Waals surface area contributed by atoms with Gasteiger partial charge >= 0.3 is 0 Å². The molecule has 7 heteroatoms. The van der Waals surface area contributed by atoms with E-state index in [-0.39, 0.29) is 11.8 Å². The molecule has 2 heterocycles. The number of nitrogens with zero attached hydrogens (tertiary/aromatic N) is 2. The number of hydrogen-bond acceptors (Lipinski definition) is 5. The lowest BCUT2D eigenvalue weighted by Gasteiger charge is -2.11. The van der Waals surface area contributed by atoms with Gasteiger partial charge in [-0.3, -0.25) is 9.59 Å². The third kappa shape index (κ3) is 4.23. The van der Waals surface area contributed by atoms with Gasteiger partial charge in [0.25, 0.3) is 5.91 Å². The van der Waals surface area contributed by atoms with Crippen molar-refractivity contribution in [2.45, 2.75) is 25.8 Å². The van der Waals surface area contributed by atoms with Gasteiger partial charge < -0.3 is 5.32 Å². The number of hydrogen-bond donors (Lipinski definition) is 2. The van der Waals surface area contributed by atoms with Gasteiger partial charge in [0.2, 0.25) is 5.91 Å². The quantitative estimate of drug-likeness (QED) is 0.875. The van der Waals surface area contributed by atoms with Crippen molar-refractivity contribution in [1.29, 1.82) is 0 Å². The van der Waals surface area contributed by atoms with Crippen LogP contribution < -0.4 is 10.7 Å². The van der Waals surface area contributed by atoms with Crippen molar-refractivity contribution in [3.8, 4) is 0 Å². The van der Waals surface area contributed by atoms with E-state index in [0.717, 1.165) is 17.1 Å². The smallest absolute Gasteiger partial charge is 0.267 e. The average Bonchev–Trinajstić information content (AvgIpc) is 3.02. The molecule has 1 aromatic carbocycles. The van der Waals surface area contributed by atoms with E-state index in [1.165, 1.54) is 5.56 Å². The summed E-state index contributed by atoms with van der Waals surface area (Å²) in [5, 5.41) is 9.52. The number of amides is 2. The van der Waals surface area contributed by atoms with Crippen LogP contribution in [0.25, 0.3) is 0 Å². The number of thiazole rings is 1. The number of benzene rings is 1. The second-order valence-electron chi connectivity index (χ2n) is 5.17. The maximum atomic E-state index is 12.0. The van der Waals surface area contributed by atoms with E-state index >= 15 is 0 Å². The van der Waals surface area contributed by atoms with Gasteiger partial charge in [-0.05, 0) is 5.56 Å². The fraction of sp³-hybridized carbons (Fsp3) is 0.250. The molecule has 3 rings (SSSR count). The number of hydrazone groups is 1. The number of carbonyl (C=O) groups is 2. The van der Waals surface area contributed by atoms with Gasteiger partial charge in [0, 0.05) is 24.6 Å². The van der Waals surface area contributed by atoms with Crippen molar-refractivity contribution >= 4 is 28.9 Å². The third-order valence-corrected chi connectivity index (χ3v) is 4.29. The second-order valence-corrected chi connectivity index (χ2v) is 6.11. The first kappa shape index (κ1) is 15.4. The van der Waals surface area contributed by atoms with Crippen LogP contribution in [0.2, 0.25) is 0 Å². The van der Waals surface area contributed by atoms with Crippen LogP contribution in [-0.4, -0.2) is 22.5 Å². The minimum atomic E-state index is -0.261. The number of nitrogens with one attached hydrogen (secondary N) is 2. The monoisotopic (exact) mass is 328 g/mol. The molecule has 0 atom stereocenters. The second kappa shape index (κ2) is 7.15. The Balaban J connectivity index is 1.53. The van der Waals surface area contributed by atoms with Crippen LogP contribution >= 0.6 is 11.3 Å². The minimum absolute atomic E-state index is 0.161. The summed E-state index contributed by atoms with van der Waals surface area (Å²) in [5.41, 5.74) is 4.71. The first-order chi connectivity index (χ1) is 11.2. The molecule has 0 spiro atoms. The van der Waals surface area contributed by atoms with Gasteiger partial charge in [0.15, 0.2) is 0 Å². The fourth-order valence-corrected chi connectivity index (χ4v) is 3.02. The summed E-state index contributed by atoms with van der Waals surface area (Å²) in [5.74, 6) is -0.422. The summed E-state index contributed by atoms with van der Waals surface area (Å²) in [6.45, 7) is 0.358. The molecule has 2 aromatic rings. The Labute approximate surface area is 137 Å². The van der Waals surface area contributed by atoms with E-state index in [1.54, 1.807) is 11.3 Å². The first-order valence-electron chi connectivity index (χ1n) is 7.31. The Morgan fingerprint density at radius 2 is 2.09 bits per heavy atom. The zero-order valence-electron chi connectivity index (χ0n) is 12.4. The van der Waals surface area contributed by atoms with Gasteiger partial charge in [-0.25, -0.2) is 10.4 Å². The van der Waals surface area contributed by atoms with E-state index in [0.29, 0.717) is 25.1 Å². The summed E-state index contributed by atoms with van der Waals surface area (Å²) in [7, 11) is 0. The molecule has 2 N–H and O–H groups in total. The molecular formula is C16H16N4O2S. The van der Waals surface area contributed by atoms with Crippen molar-refractivity contribution in [3.63, 3.8) is 0 Å². The minimum Gasteiger partial charge on any atom is -0.345 e. The summed E-state index contributed by atoms with van der Waals surface area (Å²) >= 11 is 1.58. The van der Waals surface area contributed by atoms with Crippen LogP contribution in [0.5, 0.6) is 0 Å². The molecule has 1 aliphatic heterocycles. The predicted octanol–water partition coefficient (Wildman–Crippen LogP) is 1.62. The van der Waals surface area contributed by atoms with Crippen molar-refractivity contribution in [1.82, 2.24) is 15.7 Å². The Kier molecular flexibility index (Phi) is 4.77. The Hall–Kier alpha value is -2.54. The van der Waals surface area contributed by atoms with Crippen LogP contribution in [0, 0.1) is 0 Å². The molecule has 0 unspecified atom stereocenters. The molecular weight excluding hydrogens is 312 g/mol. The summed E-state index contributed by atoms with van der Waals surface area (Å²) < 4.78 is 0. The maximum Gasteiger partial charge on any atom is 0.267 e. The van der Waals surface area contributed by atoms with E-state index in [4.69, 9.17) is 0 Å². The molecule has 1 aromatic heterocycles. The van der Waals surface area contributed by atoms with Crippen molar-refractivity contribution in [2.24, 2.45) is 5.10 Å². The lowest BCUT2D eigenvalue weighted by molar-refractivity contribution is -0.121. The van der Waals surface area contributed by atoms with Crippen LogP contribution in [-0.2, 0) is 22.6 Å². The van der Waals surface area contributed by atoms with E-state index < -0.39 is 0 Å². The van der Waals surface area contributed by atoms with Crippen molar-refractivity contribution in [3.05, 3.63) is 52.0 Å². The van der Waals surface area contributed by atoms with Crippen LogP contribution in [0.3, 0.4) is 0 Å². The first-order valence-corrected chi connectivity index (χ1v) is 8.19. The SMILES string of the molecule is O=C1CCC(C(=O)NCc2csc(Cc3ccccc3)n2)=NN1. The number of aromatic nitrogens is 1. The standard InChI is InChI=1S/C16H16N4O2S/c21-14-7-6-13(19-20-14)16(22)17-9-12-10-23-15(18-12)8-11-4-2-1-3-5-11/h1-5,10H,6-9H2,(H,17,22)(H,20,21). The number of carbonyl (C=O) groups excluding carboxylic acids is 2. The van der Waals surface area contributed by atoms with Crippen LogP contribution in [0.15, 0.2) is 40.8 Å². The summed E-state index contributed by atoms with van der Waals surface area (Å²) in [4.78, 5) is 27.5. The van der Waals surface area contributed by atoms with Crippen LogP contribution in [0.4, 0.5) is 0 Å². The van der Waals surface area contributed by atoms with Gasteiger partial charge in [-0.1, -0.05) is 30.3 Å². The van der Waals surface area contributed by atoms with Crippen LogP contribution in [0.1, 0.15) is 29.1 Å². The zero-order chi connectivity index (χ0) is 16.1. The topological polar surface area (TPSA) is 83.5 Å². The van der Waals surface area contributed by atoms with E-state index in [1.807, 2.05) is 23.6 Å². The van der Waals surface area contributed by atoms with Crippen molar-refractivity contribution in [2.75, 3.05) is 0 Å². The lowest BCUT2D eigenvalue weighted by Crippen LogP contribution is -2.36. The molecule has 118 valence electrons. The highest BCUT2D eigenvalue weighted by Gasteiger charge is 2.18. The molecule has 2 amide bonds. The molecule has 6 nitrogen and oxygen atoms in total. The highest BCUT2D eigenvalue weighted by molar-refractivity contribution is 7.09. The largest absolute Gasteiger partial charge is 0.345 e. The zero-order valence-corrected chi connectivity index (χ0v) is 13.2. The summed E-state index contributed by atoms with van der Waals surface area (Å²) in [6, 6.07) is 10.1. The molecule has 0 saturated carbocycles. The highest BCUT2D eigenvalue weighted by Crippen LogP contribution is 2.14. The normalized spacial score (nSPS) is 14.1. The van der Waals surface area contributed by atoms with E-state index in [9.17, 15) is 9.59 Å². The predicted molar refractivity (Wildman–Crippen MR) is 88.0 cm³/mol. The molecule has 0 radical (unpaired) electrons. The highest BCUT2D eigenvalue weighted by atomic mass is 32.1. The van der Waals surface area contributed by atoms with E-state index in [2.05, 4.69) is 33.0 Å². The third-order valence-electron chi connectivity index (χ3n) is 3.39. The molecule has 0 bridgehead atoms. The Morgan fingerprint density at radius 1 is 1.26 bits per heavy atom. The molecule has 0 saturated heterocycles. The molecule has 0 fully saturated rings. The molecule has 1 aliphatic rings. The lowest BCUT2D eigenvalue weighted by atomic mass is 10.1. The molecule has 0 aliphatic carbocycles. The van der Waals surface area contributed by atoms with Crippen molar-refractivity contribution < 1.29 is 9.59 Å². The van der Waals surface area contributed by atoms with Gasteiger partial charge in [-0.15, -0.1) is 11.3 Å². The van der Waals surface area contributed by atoms with Gasteiger partial charge in [0.05, 0.1) is 17.2 Å².